The van der Waals surface area contributed by atoms with Crippen molar-refractivity contribution in [1.82, 2.24) is 4.90 Å². The second kappa shape index (κ2) is 8.25. The highest BCUT2D eigenvalue weighted by Gasteiger charge is 2.26. The van der Waals surface area contributed by atoms with E-state index in [9.17, 15) is 4.79 Å². The number of rotatable bonds is 6. The first-order valence-electron chi connectivity index (χ1n) is 7.42. The molecule has 1 atom stereocenters. The Bertz CT molecular complexity index is 613. The van der Waals surface area contributed by atoms with Gasteiger partial charge in [0.1, 0.15) is 5.25 Å². The van der Waals surface area contributed by atoms with Gasteiger partial charge in [-0.2, -0.15) is 0 Å². The van der Waals surface area contributed by atoms with Crippen LogP contribution in [0.15, 0.2) is 59.5 Å². The molecule has 0 saturated heterocycles. The fourth-order valence-corrected chi connectivity index (χ4v) is 3.66. The number of amides is 1. The van der Waals surface area contributed by atoms with E-state index in [4.69, 9.17) is 11.6 Å². The van der Waals surface area contributed by atoms with E-state index < -0.39 is 0 Å². The summed E-state index contributed by atoms with van der Waals surface area (Å²) in [5, 5.41) is 0.404. The molecule has 0 heterocycles. The molecule has 0 aliphatic carbocycles. The number of thioether (sulfide) groups is 1. The van der Waals surface area contributed by atoms with E-state index in [2.05, 4.69) is 0 Å². The summed E-state index contributed by atoms with van der Waals surface area (Å²) in [7, 11) is 0. The van der Waals surface area contributed by atoms with Crippen molar-refractivity contribution in [1.29, 1.82) is 0 Å². The van der Waals surface area contributed by atoms with Crippen molar-refractivity contribution in [2.45, 2.75) is 24.0 Å². The molecule has 0 fully saturated rings. The van der Waals surface area contributed by atoms with Crippen LogP contribution in [0.5, 0.6) is 0 Å². The number of hydrogen-bond acceptors (Lipinski definition) is 2. The molecular weight excluding hydrogens is 314 g/mol. The maximum atomic E-state index is 12.9. The predicted octanol–water partition coefficient (Wildman–Crippen LogP) is 5.04. The lowest BCUT2D eigenvalue weighted by molar-refractivity contribution is -0.130. The van der Waals surface area contributed by atoms with Gasteiger partial charge in [0.15, 0.2) is 0 Å². The maximum absolute atomic E-state index is 12.9. The van der Waals surface area contributed by atoms with Crippen LogP contribution in [0.3, 0.4) is 0 Å². The van der Waals surface area contributed by atoms with Gasteiger partial charge < -0.3 is 4.90 Å². The minimum Gasteiger partial charge on any atom is -0.342 e. The van der Waals surface area contributed by atoms with Crippen molar-refractivity contribution >= 4 is 29.3 Å². The molecule has 22 heavy (non-hydrogen) atoms. The maximum Gasteiger partial charge on any atom is 0.240 e. The molecule has 0 N–H and O–H groups in total. The van der Waals surface area contributed by atoms with E-state index in [1.807, 2.05) is 73.3 Å². The van der Waals surface area contributed by atoms with Gasteiger partial charge in [-0.3, -0.25) is 4.79 Å². The van der Waals surface area contributed by atoms with Gasteiger partial charge in [-0.15, -0.1) is 11.8 Å². The van der Waals surface area contributed by atoms with Crippen molar-refractivity contribution < 1.29 is 4.79 Å². The summed E-state index contributed by atoms with van der Waals surface area (Å²) in [5.74, 6) is 0.126. The average Bonchev–Trinajstić information content (AvgIpc) is 2.56. The van der Waals surface area contributed by atoms with Crippen LogP contribution in [0.1, 0.15) is 24.7 Å². The normalized spacial score (nSPS) is 12.0. The van der Waals surface area contributed by atoms with Crippen LogP contribution in [-0.4, -0.2) is 23.9 Å². The number of nitrogens with zero attached hydrogens (tertiary/aromatic N) is 1. The molecular formula is C18H20ClNOS. The molecule has 2 aromatic rings. The SMILES string of the molecule is CCN(CC)C(=O)C(Sc1ccccc1Cl)c1ccccc1. The van der Waals surface area contributed by atoms with Crippen LogP contribution in [-0.2, 0) is 4.79 Å². The lowest BCUT2D eigenvalue weighted by atomic mass is 10.1. The van der Waals surface area contributed by atoms with Crippen molar-refractivity contribution in [3.8, 4) is 0 Å². The van der Waals surface area contributed by atoms with E-state index >= 15 is 0 Å². The molecule has 0 spiro atoms. The lowest BCUT2D eigenvalue weighted by Crippen LogP contribution is -2.33. The molecule has 2 nitrogen and oxygen atoms in total. The van der Waals surface area contributed by atoms with Gasteiger partial charge in [0.2, 0.25) is 5.91 Å². The lowest BCUT2D eigenvalue weighted by Gasteiger charge is -2.25. The third-order valence-corrected chi connectivity index (χ3v) is 5.24. The Labute approximate surface area is 141 Å². The Balaban J connectivity index is 2.34. The van der Waals surface area contributed by atoms with Gasteiger partial charge in [0.05, 0.1) is 5.02 Å². The summed E-state index contributed by atoms with van der Waals surface area (Å²) in [6, 6.07) is 17.5. The van der Waals surface area contributed by atoms with E-state index in [0.717, 1.165) is 10.5 Å². The Morgan fingerprint density at radius 2 is 1.64 bits per heavy atom. The first-order valence-corrected chi connectivity index (χ1v) is 8.68. The van der Waals surface area contributed by atoms with E-state index in [1.165, 1.54) is 11.8 Å². The number of halogens is 1. The van der Waals surface area contributed by atoms with Gasteiger partial charge >= 0.3 is 0 Å². The number of carbonyl (C=O) groups excluding carboxylic acids is 1. The Hall–Kier alpha value is -1.45. The fourth-order valence-electron chi connectivity index (χ4n) is 2.26. The van der Waals surface area contributed by atoms with Gasteiger partial charge in [-0.05, 0) is 31.5 Å². The van der Waals surface area contributed by atoms with Gasteiger partial charge in [-0.1, -0.05) is 54.1 Å². The fraction of sp³-hybridized carbons (Fsp3) is 0.278. The molecule has 2 aromatic carbocycles. The van der Waals surface area contributed by atoms with Crippen LogP contribution < -0.4 is 0 Å². The summed E-state index contributed by atoms with van der Waals surface area (Å²) < 4.78 is 0. The molecule has 0 radical (unpaired) electrons. The average molecular weight is 334 g/mol. The molecule has 0 aromatic heterocycles. The highest BCUT2D eigenvalue weighted by Crippen LogP contribution is 2.39. The van der Waals surface area contributed by atoms with Gasteiger partial charge in [-0.25, -0.2) is 0 Å². The third kappa shape index (κ3) is 4.05. The topological polar surface area (TPSA) is 20.3 Å². The van der Waals surface area contributed by atoms with Crippen LogP contribution in [0, 0.1) is 0 Å². The summed E-state index contributed by atoms with van der Waals surface area (Å²) >= 11 is 7.77. The molecule has 0 bridgehead atoms. The summed E-state index contributed by atoms with van der Waals surface area (Å²) in [5.41, 5.74) is 1.00. The number of benzene rings is 2. The molecule has 0 aliphatic heterocycles. The van der Waals surface area contributed by atoms with E-state index in [-0.39, 0.29) is 11.2 Å². The zero-order valence-corrected chi connectivity index (χ0v) is 14.4. The Morgan fingerprint density at radius 3 is 2.23 bits per heavy atom. The minimum absolute atomic E-state index is 0.126. The second-order valence-electron chi connectivity index (χ2n) is 4.85. The van der Waals surface area contributed by atoms with Crippen molar-refractivity contribution in [2.24, 2.45) is 0 Å². The number of likely N-dealkylation sites (N-methyl/N-ethyl adjacent to an activating group) is 1. The first kappa shape index (κ1) is 16.9. The van der Waals surface area contributed by atoms with Crippen LogP contribution in [0.2, 0.25) is 5.02 Å². The monoisotopic (exact) mass is 333 g/mol. The standard InChI is InChI=1S/C18H20ClNOS/c1-3-20(4-2)18(21)17(14-10-6-5-7-11-14)22-16-13-9-8-12-15(16)19/h5-13,17H,3-4H2,1-2H3. The Morgan fingerprint density at radius 1 is 1.05 bits per heavy atom. The zero-order chi connectivity index (χ0) is 15.9. The van der Waals surface area contributed by atoms with Crippen LogP contribution >= 0.6 is 23.4 Å². The molecule has 2 rings (SSSR count). The third-order valence-electron chi connectivity index (χ3n) is 3.48. The van der Waals surface area contributed by atoms with Crippen molar-refractivity contribution in [3.05, 3.63) is 65.2 Å². The number of carbonyl (C=O) groups is 1. The van der Waals surface area contributed by atoms with Gasteiger partial charge in [0, 0.05) is 18.0 Å². The zero-order valence-electron chi connectivity index (χ0n) is 12.8. The Kier molecular flexibility index (Phi) is 6.34. The molecule has 1 unspecified atom stereocenters. The molecule has 4 heteroatoms. The molecule has 1 amide bonds. The van der Waals surface area contributed by atoms with Crippen LogP contribution in [0.25, 0.3) is 0 Å². The highest BCUT2D eigenvalue weighted by molar-refractivity contribution is 8.00. The second-order valence-corrected chi connectivity index (χ2v) is 6.40. The van der Waals surface area contributed by atoms with E-state index in [0.29, 0.717) is 18.1 Å². The summed E-state index contributed by atoms with van der Waals surface area (Å²) in [4.78, 5) is 15.7. The highest BCUT2D eigenvalue weighted by atomic mass is 35.5. The quantitative estimate of drug-likeness (QED) is 0.690. The van der Waals surface area contributed by atoms with E-state index in [1.54, 1.807) is 0 Å². The minimum atomic E-state index is -0.277. The summed E-state index contributed by atoms with van der Waals surface area (Å²) in [6.45, 7) is 5.43. The molecule has 116 valence electrons. The van der Waals surface area contributed by atoms with Crippen molar-refractivity contribution in [2.75, 3.05) is 13.1 Å². The molecule has 0 aliphatic rings. The largest absolute Gasteiger partial charge is 0.342 e. The molecule has 0 saturated carbocycles. The first-order chi connectivity index (χ1) is 10.7. The summed E-state index contributed by atoms with van der Waals surface area (Å²) in [6.07, 6.45) is 0. The van der Waals surface area contributed by atoms with Gasteiger partial charge in [0.25, 0.3) is 0 Å². The predicted molar refractivity (Wildman–Crippen MR) is 94.4 cm³/mol. The number of hydrogen-bond donors (Lipinski definition) is 0. The smallest absolute Gasteiger partial charge is 0.240 e. The van der Waals surface area contributed by atoms with Crippen molar-refractivity contribution in [3.63, 3.8) is 0 Å². The van der Waals surface area contributed by atoms with Crippen LogP contribution in [0.4, 0.5) is 0 Å².